The number of para-hydroxylation sites is 1. The summed E-state index contributed by atoms with van der Waals surface area (Å²) in [5.41, 5.74) is 2.38. The number of rotatable bonds is 8. The standard InChI is InChI=1S/C21H22N4O3/c1-16-13-22-25(14-16)11-10-20(26)24-18-8-5-9-19(12-18)28-15-21(27)23-17-6-3-2-4-7-17/h2-9,12-14H,10-11,15H2,1H3,(H,23,27)(H,24,26). The number of anilines is 2. The lowest BCUT2D eigenvalue weighted by Crippen LogP contribution is -2.20. The predicted molar refractivity (Wildman–Crippen MR) is 107 cm³/mol. The summed E-state index contributed by atoms with van der Waals surface area (Å²) in [4.78, 5) is 24.1. The molecule has 28 heavy (non-hydrogen) atoms. The molecule has 0 aliphatic heterocycles. The summed E-state index contributed by atoms with van der Waals surface area (Å²) in [5.74, 6) is 0.131. The summed E-state index contributed by atoms with van der Waals surface area (Å²) in [6.07, 6.45) is 3.96. The van der Waals surface area contributed by atoms with E-state index in [0.717, 1.165) is 5.56 Å². The monoisotopic (exact) mass is 378 g/mol. The quantitative estimate of drug-likeness (QED) is 0.630. The molecule has 7 heteroatoms. The van der Waals surface area contributed by atoms with Crippen LogP contribution in [0, 0.1) is 6.92 Å². The molecule has 0 atom stereocenters. The Bertz CT molecular complexity index is 938. The zero-order valence-corrected chi connectivity index (χ0v) is 15.6. The van der Waals surface area contributed by atoms with E-state index >= 15 is 0 Å². The fraction of sp³-hybridized carbons (Fsp3) is 0.190. The second-order valence-electron chi connectivity index (χ2n) is 6.31. The first-order chi connectivity index (χ1) is 13.6. The number of amides is 2. The smallest absolute Gasteiger partial charge is 0.262 e. The van der Waals surface area contributed by atoms with Crippen LogP contribution in [0.2, 0.25) is 0 Å². The molecule has 7 nitrogen and oxygen atoms in total. The van der Waals surface area contributed by atoms with E-state index in [9.17, 15) is 9.59 Å². The fourth-order valence-corrected chi connectivity index (χ4v) is 2.56. The van der Waals surface area contributed by atoms with E-state index in [1.807, 2.05) is 31.3 Å². The lowest BCUT2D eigenvalue weighted by Gasteiger charge is -2.10. The molecule has 1 heterocycles. The number of aryl methyl sites for hydroxylation is 2. The van der Waals surface area contributed by atoms with Gasteiger partial charge >= 0.3 is 0 Å². The third-order valence-electron chi connectivity index (χ3n) is 3.88. The van der Waals surface area contributed by atoms with Crippen LogP contribution in [0.25, 0.3) is 0 Å². The Labute approximate surface area is 163 Å². The number of carbonyl (C=O) groups is 2. The minimum Gasteiger partial charge on any atom is -0.484 e. The molecule has 1 aromatic heterocycles. The zero-order chi connectivity index (χ0) is 19.8. The van der Waals surface area contributed by atoms with Gasteiger partial charge in [0.1, 0.15) is 5.75 Å². The number of aromatic nitrogens is 2. The van der Waals surface area contributed by atoms with Crippen molar-refractivity contribution in [2.75, 3.05) is 17.2 Å². The van der Waals surface area contributed by atoms with E-state index in [2.05, 4.69) is 15.7 Å². The highest BCUT2D eigenvalue weighted by molar-refractivity contribution is 5.92. The van der Waals surface area contributed by atoms with Crippen LogP contribution >= 0.6 is 0 Å². The molecule has 0 fully saturated rings. The maximum absolute atomic E-state index is 12.1. The molecule has 0 aliphatic carbocycles. The van der Waals surface area contributed by atoms with E-state index in [-0.39, 0.29) is 18.4 Å². The first-order valence-electron chi connectivity index (χ1n) is 8.95. The van der Waals surface area contributed by atoms with Crippen molar-refractivity contribution >= 4 is 23.2 Å². The Morgan fingerprint density at radius 2 is 1.75 bits per heavy atom. The predicted octanol–water partition coefficient (Wildman–Crippen LogP) is 3.24. The van der Waals surface area contributed by atoms with Crippen molar-refractivity contribution in [3.8, 4) is 5.75 Å². The summed E-state index contributed by atoms with van der Waals surface area (Å²) in [7, 11) is 0. The van der Waals surface area contributed by atoms with Crippen LogP contribution < -0.4 is 15.4 Å². The average Bonchev–Trinajstić information content (AvgIpc) is 3.11. The third kappa shape index (κ3) is 5.98. The van der Waals surface area contributed by atoms with Crippen molar-refractivity contribution in [2.24, 2.45) is 0 Å². The van der Waals surface area contributed by atoms with Gasteiger partial charge in [0.15, 0.2) is 6.61 Å². The van der Waals surface area contributed by atoms with Gasteiger partial charge in [0.05, 0.1) is 6.20 Å². The number of nitrogens with one attached hydrogen (secondary N) is 2. The number of nitrogens with zero attached hydrogens (tertiary/aromatic N) is 2. The summed E-state index contributed by atoms with van der Waals surface area (Å²) in [6, 6.07) is 16.1. The average molecular weight is 378 g/mol. The second-order valence-corrected chi connectivity index (χ2v) is 6.31. The van der Waals surface area contributed by atoms with Gasteiger partial charge in [-0.2, -0.15) is 5.10 Å². The van der Waals surface area contributed by atoms with Crippen molar-refractivity contribution in [2.45, 2.75) is 19.9 Å². The van der Waals surface area contributed by atoms with Gasteiger partial charge in [-0.15, -0.1) is 0 Å². The Hall–Kier alpha value is -3.61. The van der Waals surface area contributed by atoms with E-state index in [0.29, 0.717) is 30.1 Å². The maximum Gasteiger partial charge on any atom is 0.262 e. The van der Waals surface area contributed by atoms with Crippen molar-refractivity contribution in [3.05, 3.63) is 72.6 Å². The second kappa shape index (κ2) is 9.36. The number of hydrogen-bond acceptors (Lipinski definition) is 4. The van der Waals surface area contributed by atoms with Gasteiger partial charge in [-0.1, -0.05) is 24.3 Å². The lowest BCUT2D eigenvalue weighted by molar-refractivity contribution is -0.118. The van der Waals surface area contributed by atoms with Crippen molar-refractivity contribution in [1.82, 2.24) is 9.78 Å². The van der Waals surface area contributed by atoms with Crippen molar-refractivity contribution in [1.29, 1.82) is 0 Å². The molecule has 0 unspecified atom stereocenters. The van der Waals surface area contributed by atoms with Crippen LogP contribution in [-0.2, 0) is 16.1 Å². The van der Waals surface area contributed by atoms with E-state index in [1.54, 1.807) is 47.3 Å². The van der Waals surface area contributed by atoms with Crippen molar-refractivity contribution in [3.63, 3.8) is 0 Å². The van der Waals surface area contributed by atoms with Crippen LogP contribution in [0.5, 0.6) is 5.75 Å². The summed E-state index contributed by atoms with van der Waals surface area (Å²) >= 11 is 0. The molecule has 0 bridgehead atoms. The summed E-state index contributed by atoms with van der Waals surface area (Å²) in [6.45, 7) is 2.34. The van der Waals surface area contributed by atoms with Crippen molar-refractivity contribution < 1.29 is 14.3 Å². The molecule has 2 amide bonds. The summed E-state index contributed by atoms with van der Waals surface area (Å²) in [5, 5.41) is 9.74. The zero-order valence-electron chi connectivity index (χ0n) is 15.6. The third-order valence-corrected chi connectivity index (χ3v) is 3.88. The highest BCUT2D eigenvalue weighted by Crippen LogP contribution is 2.18. The normalized spacial score (nSPS) is 10.3. The first kappa shape index (κ1) is 19.2. The minimum atomic E-state index is -0.254. The van der Waals surface area contributed by atoms with Crippen LogP contribution in [-0.4, -0.2) is 28.2 Å². The summed E-state index contributed by atoms with van der Waals surface area (Å²) < 4.78 is 7.25. The highest BCUT2D eigenvalue weighted by Gasteiger charge is 2.07. The number of hydrogen-bond donors (Lipinski definition) is 2. The highest BCUT2D eigenvalue weighted by atomic mass is 16.5. The van der Waals surface area contributed by atoms with E-state index in [4.69, 9.17) is 4.74 Å². The Kier molecular flexibility index (Phi) is 6.41. The fourth-order valence-electron chi connectivity index (χ4n) is 2.56. The van der Waals surface area contributed by atoms with Gasteiger partial charge in [-0.25, -0.2) is 0 Å². The van der Waals surface area contributed by atoms with Crippen LogP contribution in [0.15, 0.2) is 67.0 Å². The van der Waals surface area contributed by atoms with Gasteiger partial charge < -0.3 is 15.4 Å². The van der Waals surface area contributed by atoms with E-state index in [1.165, 1.54) is 0 Å². The molecule has 3 aromatic rings. The Morgan fingerprint density at radius 1 is 1.00 bits per heavy atom. The first-order valence-corrected chi connectivity index (χ1v) is 8.95. The molecule has 144 valence electrons. The lowest BCUT2D eigenvalue weighted by atomic mass is 10.3. The molecule has 0 saturated heterocycles. The van der Waals surface area contributed by atoms with Gasteiger partial charge in [0.25, 0.3) is 5.91 Å². The van der Waals surface area contributed by atoms with Crippen LogP contribution in [0.1, 0.15) is 12.0 Å². The molecule has 2 aromatic carbocycles. The Morgan fingerprint density at radius 3 is 2.50 bits per heavy atom. The SMILES string of the molecule is Cc1cnn(CCC(=O)Nc2cccc(OCC(=O)Nc3ccccc3)c2)c1. The molecule has 2 N–H and O–H groups in total. The molecule has 0 aliphatic rings. The number of carbonyl (C=O) groups excluding carboxylic acids is 2. The molecule has 0 spiro atoms. The Balaban J connectivity index is 1.46. The topological polar surface area (TPSA) is 85.2 Å². The minimum absolute atomic E-state index is 0.118. The van der Waals surface area contributed by atoms with Gasteiger partial charge in [0.2, 0.25) is 5.91 Å². The molecule has 0 radical (unpaired) electrons. The van der Waals surface area contributed by atoms with E-state index < -0.39 is 0 Å². The molecule has 3 rings (SSSR count). The molecular formula is C21H22N4O3. The number of ether oxygens (including phenoxy) is 1. The maximum atomic E-state index is 12.1. The van der Waals surface area contributed by atoms with Gasteiger partial charge in [0, 0.05) is 36.6 Å². The molecular weight excluding hydrogens is 356 g/mol. The molecule has 0 saturated carbocycles. The van der Waals surface area contributed by atoms with Gasteiger partial charge in [-0.3, -0.25) is 14.3 Å². The largest absolute Gasteiger partial charge is 0.484 e. The van der Waals surface area contributed by atoms with Crippen LogP contribution in [0.3, 0.4) is 0 Å². The number of benzene rings is 2. The van der Waals surface area contributed by atoms with Gasteiger partial charge in [-0.05, 0) is 36.8 Å². The van der Waals surface area contributed by atoms with Crippen LogP contribution in [0.4, 0.5) is 11.4 Å².